The predicted octanol–water partition coefficient (Wildman–Crippen LogP) is 2.51. The number of methoxy groups -OCH3 is 1. The lowest BCUT2D eigenvalue weighted by Gasteiger charge is -2.17. The first-order chi connectivity index (χ1) is 9.58. The molecule has 0 aliphatic heterocycles. The summed E-state index contributed by atoms with van der Waals surface area (Å²) < 4.78 is 11.0. The Bertz CT molecular complexity index is 397. The summed E-state index contributed by atoms with van der Waals surface area (Å²) in [6, 6.07) is 0. The minimum atomic E-state index is -0.0153. The van der Waals surface area contributed by atoms with Crippen LogP contribution < -0.4 is 10.1 Å². The smallest absolute Gasteiger partial charge is 0.160 e. The quantitative estimate of drug-likeness (QED) is 0.705. The molecule has 1 rings (SSSR count). The minimum Gasteiger partial charge on any atom is -0.485 e. The summed E-state index contributed by atoms with van der Waals surface area (Å²) in [7, 11) is 1.67. The van der Waals surface area contributed by atoms with E-state index >= 15 is 0 Å². The molecule has 1 aromatic heterocycles. The van der Waals surface area contributed by atoms with Crippen molar-refractivity contribution < 1.29 is 9.47 Å². The fourth-order valence-corrected chi connectivity index (χ4v) is 1.79. The van der Waals surface area contributed by atoms with E-state index in [0.717, 1.165) is 30.2 Å². The second-order valence-corrected chi connectivity index (χ2v) is 5.25. The summed E-state index contributed by atoms with van der Waals surface area (Å²) in [6.45, 7) is 10.5. The molecule has 0 aliphatic carbocycles. The molecule has 0 saturated carbocycles. The standard InChI is InChI=1S/C15H27N3O2/c1-6-7-16-8-13-14(20-12(4)10-19-5)9-17-15(18-13)11(2)3/h9,11-12,16H,6-8,10H2,1-5H3. The molecule has 1 N–H and O–H groups in total. The molecule has 0 radical (unpaired) electrons. The summed E-state index contributed by atoms with van der Waals surface area (Å²) in [6.07, 6.45) is 2.86. The van der Waals surface area contributed by atoms with Gasteiger partial charge in [0, 0.05) is 19.6 Å². The van der Waals surface area contributed by atoms with Crippen LogP contribution in [0.5, 0.6) is 5.75 Å². The average Bonchev–Trinajstić information content (AvgIpc) is 2.40. The maximum absolute atomic E-state index is 5.86. The van der Waals surface area contributed by atoms with Crippen molar-refractivity contribution in [3.8, 4) is 5.75 Å². The Hall–Kier alpha value is -1.20. The maximum Gasteiger partial charge on any atom is 0.160 e. The van der Waals surface area contributed by atoms with Gasteiger partial charge in [0.1, 0.15) is 11.9 Å². The number of ether oxygens (including phenoxy) is 2. The van der Waals surface area contributed by atoms with Gasteiger partial charge >= 0.3 is 0 Å². The van der Waals surface area contributed by atoms with E-state index in [1.54, 1.807) is 13.3 Å². The summed E-state index contributed by atoms with van der Waals surface area (Å²) in [5, 5.41) is 3.36. The molecule has 0 saturated heterocycles. The third-order valence-electron chi connectivity index (χ3n) is 2.81. The zero-order chi connectivity index (χ0) is 15.0. The second-order valence-electron chi connectivity index (χ2n) is 5.25. The van der Waals surface area contributed by atoms with Crippen molar-refractivity contribution in [2.24, 2.45) is 0 Å². The van der Waals surface area contributed by atoms with E-state index in [1.165, 1.54) is 0 Å². The zero-order valence-corrected chi connectivity index (χ0v) is 13.3. The van der Waals surface area contributed by atoms with E-state index in [9.17, 15) is 0 Å². The lowest BCUT2D eigenvalue weighted by atomic mass is 10.2. The van der Waals surface area contributed by atoms with Crippen LogP contribution in [0, 0.1) is 0 Å². The van der Waals surface area contributed by atoms with Crippen LogP contribution in [-0.4, -0.2) is 36.3 Å². The first-order valence-electron chi connectivity index (χ1n) is 7.30. The van der Waals surface area contributed by atoms with Gasteiger partial charge in [0.05, 0.1) is 18.5 Å². The van der Waals surface area contributed by atoms with Crippen LogP contribution in [0.25, 0.3) is 0 Å². The number of nitrogens with one attached hydrogen (secondary N) is 1. The first kappa shape index (κ1) is 16.9. The van der Waals surface area contributed by atoms with Crippen molar-refractivity contribution in [1.29, 1.82) is 0 Å². The lowest BCUT2D eigenvalue weighted by molar-refractivity contribution is 0.0906. The average molecular weight is 281 g/mol. The van der Waals surface area contributed by atoms with Crippen LogP contribution in [0.1, 0.15) is 51.6 Å². The zero-order valence-electron chi connectivity index (χ0n) is 13.3. The van der Waals surface area contributed by atoms with E-state index in [1.807, 2.05) is 6.92 Å². The lowest BCUT2D eigenvalue weighted by Crippen LogP contribution is -2.22. The van der Waals surface area contributed by atoms with Gasteiger partial charge < -0.3 is 14.8 Å². The molecule has 20 heavy (non-hydrogen) atoms. The van der Waals surface area contributed by atoms with E-state index in [4.69, 9.17) is 9.47 Å². The Morgan fingerprint density at radius 2 is 2.05 bits per heavy atom. The fraction of sp³-hybridized carbons (Fsp3) is 0.733. The van der Waals surface area contributed by atoms with Crippen LogP contribution in [0.2, 0.25) is 0 Å². The van der Waals surface area contributed by atoms with Crippen LogP contribution >= 0.6 is 0 Å². The Morgan fingerprint density at radius 3 is 2.65 bits per heavy atom. The van der Waals surface area contributed by atoms with E-state index in [2.05, 4.69) is 36.1 Å². The van der Waals surface area contributed by atoms with Crippen LogP contribution in [0.3, 0.4) is 0 Å². The first-order valence-corrected chi connectivity index (χ1v) is 7.30. The molecule has 0 fully saturated rings. The molecule has 114 valence electrons. The summed E-state index contributed by atoms with van der Waals surface area (Å²) in [4.78, 5) is 8.99. The molecule has 1 heterocycles. The van der Waals surface area contributed by atoms with Crippen molar-refractivity contribution >= 4 is 0 Å². The van der Waals surface area contributed by atoms with Gasteiger partial charge in [-0.15, -0.1) is 0 Å². The topological polar surface area (TPSA) is 56.3 Å². The molecule has 5 nitrogen and oxygen atoms in total. The van der Waals surface area contributed by atoms with Gasteiger partial charge in [0.25, 0.3) is 0 Å². The van der Waals surface area contributed by atoms with Gasteiger partial charge in [0.2, 0.25) is 0 Å². The van der Waals surface area contributed by atoms with Gasteiger partial charge in [-0.2, -0.15) is 0 Å². The molecule has 1 atom stereocenters. The molecule has 5 heteroatoms. The normalized spacial score (nSPS) is 12.7. The second kappa shape index (κ2) is 8.87. The van der Waals surface area contributed by atoms with Crippen molar-refractivity contribution in [3.05, 3.63) is 17.7 Å². The molecule has 0 aromatic carbocycles. The Balaban J connectivity index is 2.84. The van der Waals surface area contributed by atoms with Crippen LogP contribution in [0.4, 0.5) is 0 Å². The molecule has 0 amide bonds. The van der Waals surface area contributed by atoms with Crippen molar-refractivity contribution in [3.63, 3.8) is 0 Å². The minimum absolute atomic E-state index is 0.0153. The highest BCUT2D eigenvalue weighted by Gasteiger charge is 2.13. The highest BCUT2D eigenvalue weighted by molar-refractivity contribution is 5.25. The molecule has 0 spiro atoms. The van der Waals surface area contributed by atoms with Gasteiger partial charge in [-0.3, -0.25) is 0 Å². The van der Waals surface area contributed by atoms with Crippen molar-refractivity contribution in [2.75, 3.05) is 20.3 Å². The van der Waals surface area contributed by atoms with E-state index < -0.39 is 0 Å². The fourth-order valence-electron chi connectivity index (χ4n) is 1.79. The number of nitrogens with zero attached hydrogens (tertiary/aromatic N) is 2. The Kier molecular flexibility index (Phi) is 7.47. The highest BCUT2D eigenvalue weighted by atomic mass is 16.5. The maximum atomic E-state index is 5.86. The summed E-state index contributed by atoms with van der Waals surface area (Å²) in [5.74, 6) is 1.90. The number of hydrogen-bond acceptors (Lipinski definition) is 5. The summed E-state index contributed by atoms with van der Waals surface area (Å²) in [5.41, 5.74) is 0.917. The number of hydrogen-bond donors (Lipinski definition) is 1. The number of aromatic nitrogens is 2. The molecular weight excluding hydrogens is 254 g/mol. The Labute approximate surface area is 122 Å². The largest absolute Gasteiger partial charge is 0.485 e. The third-order valence-corrected chi connectivity index (χ3v) is 2.81. The van der Waals surface area contributed by atoms with Crippen LogP contribution in [-0.2, 0) is 11.3 Å². The predicted molar refractivity (Wildman–Crippen MR) is 80.1 cm³/mol. The highest BCUT2D eigenvalue weighted by Crippen LogP contribution is 2.19. The Morgan fingerprint density at radius 1 is 1.30 bits per heavy atom. The van der Waals surface area contributed by atoms with Gasteiger partial charge in [-0.05, 0) is 19.9 Å². The molecule has 0 aliphatic rings. The third kappa shape index (κ3) is 5.43. The van der Waals surface area contributed by atoms with Crippen LogP contribution in [0.15, 0.2) is 6.20 Å². The molecular formula is C15H27N3O2. The van der Waals surface area contributed by atoms with Crippen molar-refractivity contribution in [2.45, 2.75) is 52.7 Å². The monoisotopic (exact) mass is 281 g/mol. The molecule has 1 aromatic rings. The van der Waals surface area contributed by atoms with E-state index in [0.29, 0.717) is 19.1 Å². The SMILES string of the molecule is CCCNCc1nc(C(C)C)ncc1OC(C)COC. The van der Waals surface area contributed by atoms with E-state index in [-0.39, 0.29) is 6.10 Å². The number of rotatable bonds is 9. The van der Waals surface area contributed by atoms with Gasteiger partial charge in [-0.1, -0.05) is 20.8 Å². The van der Waals surface area contributed by atoms with Crippen molar-refractivity contribution in [1.82, 2.24) is 15.3 Å². The summed E-state index contributed by atoms with van der Waals surface area (Å²) >= 11 is 0. The molecule has 0 bridgehead atoms. The van der Waals surface area contributed by atoms with Gasteiger partial charge in [0.15, 0.2) is 5.75 Å². The van der Waals surface area contributed by atoms with Gasteiger partial charge in [-0.25, -0.2) is 9.97 Å². The molecule has 1 unspecified atom stereocenters.